The SMILES string of the molecule is CCOc1ccc(N(CC(=O)NCCOc2ccccc2C(C)(C)C)S(=O)(=O)c2ccc(Br)cc2)cc1. The van der Waals surface area contributed by atoms with Crippen LogP contribution in [0.4, 0.5) is 5.69 Å². The van der Waals surface area contributed by atoms with Crippen LogP contribution in [0.5, 0.6) is 11.5 Å². The van der Waals surface area contributed by atoms with Crippen LogP contribution in [0.15, 0.2) is 82.2 Å². The quantitative estimate of drug-likeness (QED) is 0.297. The van der Waals surface area contributed by atoms with Crippen LogP contribution in [0.3, 0.4) is 0 Å². The van der Waals surface area contributed by atoms with E-state index >= 15 is 0 Å². The minimum atomic E-state index is -4.01. The summed E-state index contributed by atoms with van der Waals surface area (Å²) in [4.78, 5) is 12.9. The minimum absolute atomic E-state index is 0.0829. The molecule has 0 unspecified atom stereocenters. The molecular weight excluding hydrogens is 556 g/mol. The second-order valence-electron chi connectivity index (χ2n) is 9.34. The Morgan fingerprint density at radius 2 is 1.59 bits per heavy atom. The number of amides is 1. The topological polar surface area (TPSA) is 84.9 Å². The number of hydrogen-bond donors (Lipinski definition) is 1. The summed E-state index contributed by atoms with van der Waals surface area (Å²) < 4.78 is 40.3. The molecule has 7 nitrogen and oxygen atoms in total. The van der Waals surface area contributed by atoms with Crippen LogP contribution in [-0.4, -0.2) is 40.6 Å². The van der Waals surface area contributed by atoms with Crippen molar-refractivity contribution in [1.82, 2.24) is 5.32 Å². The molecule has 37 heavy (non-hydrogen) atoms. The van der Waals surface area contributed by atoms with Crippen molar-refractivity contribution in [3.8, 4) is 11.5 Å². The number of anilines is 1. The molecule has 0 saturated carbocycles. The van der Waals surface area contributed by atoms with Crippen LogP contribution in [0.25, 0.3) is 0 Å². The summed E-state index contributed by atoms with van der Waals surface area (Å²) in [6.07, 6.45) is 0. The van der Waals surface area contributed by atoms with Gasteiger partial charge < -0.3 is 14.8 Å². The zero-order valence-corrected chi connectivity index (χ0v) is 23.9. The summed E-state index contributed by atoms with van der Waals surface area (Å²) in [6, 6.07) is 20.7. The molecule has 1 N–H and O–H groups in total. The number of sulfonamides is 1. The number of para-hydroxylation sites is 1. The molecule has 0 radical (unpaired) electrons. The monoisotopic (exact) mass is 588 g/mol. The molecule has 0 atom stereocenters. The molecule has 1 amide bonds. The van der Waals surface area contributed by atoms with Crippen molar-refractivity contribution >= 4 is 37.5 Å². The van der Waals surface area contributed by atoms with Gasteiger partial charge in [0.2, 0.25) is 5.91 Å². The van der Waals surface area contributed by atoms with Gasteiger partial charge in [-0.05, 0) is 72.5 Å². The zero-order chi connectivity index (χ0) is 27.1. The predicted molar refractivity (Wildman–Crippen MR) is 150 cm³/mol. The molecule has 0 saturated heterocycles. The average molecular weight is 590 g/mol. The molecule has 0 aliphatic heterocycles. The molecule has 3 aromatic rings. The van der Waals surface area contributed by atoms with Crippen molar-refractivity contribution in [2.24, 2.45) is 0 Å². The number of benzene rings is 3. The molecule has 0 aromatic heterocycles. The van der Waals surface area contributed by atoms with Gasteiger partial charge in [-0.25, -0.2) is 8.42 Å². The number of carbonyl (C=O) groups excluding carboxylic acids is 1. The van der Waals surface area contributed by atoms with E-state index in [9.17, 15) is 13.2 Å². The van der Waals surface area contributed by atoms with E-state index < -0.39 is 15.9 Å². The first-order valence-corrected chi connectivity index (χ1v) is 14.3. The van der Waals surface area contributed by atoms with Crippen LogP contribution in [0, 0.1) is 0 Å². The Morgan fingerprint density at radius 1 is 0.946 bits per heavy atom. The highest BCUT2D eigenvalue weighted by atomic mass is 79.9. The third-order valence-electron chi connectivity index (χ3n) is 5.50. The second kappa shape index (κ2) is 12.5. The summed E-state index contributed by atoms with van der Waals surface area (Å²) in [5, 5.41) is 2.77. The van der Waals surface area contributed by atoms with E-state index in [1.165, 1.54) is 12.1 Å². The highest BCUT2D eigenvalue weighted by molar-refractivity contribution is 9.10. The highest BCUT2D eigenvalue weighted by Crippen LogP contribution is 2.31. The van der Waals surface area contributed by atoms with Gasteiger partial charge in [0.15, 0.2) is 0 Å². The minimum Gasteiger partial charge on any atom is -0.494 e. The van der Waals surface area contributed by atoms with E-state index in [1.54, 1.807) is 36.4 Å². The summed E-state index contributed by atoms with van der Waals surface area (Å²) in [7, 11) is -4.01. The number of nitrogens with zero attached hydrogens (tertiary/aromatic N) is 1. The van der Waals surface area contributed by atoms with E-state index in [0.29, 0.717) is 18.0 Å². The Balaban J connectivity index is 1.72. The van der Waals surface area contributed by atoms with Gasteiger partial charge in [-0.1, -0.05) is 54.9 Å². The van der Waals surface area contributed by atoms with Gasteiger partial charge in [0.1, 0.15) is 24.7 Å². The largest absolute Gasteiger partial charge is 0.494 e. The Labute approximate surface area is 228 Å². The number of carbonyl (C=O) groups is 1. The van der Waals surface area contributed by atoms with Crippen LogP contribution in [0.1, 0.15) is 33.3 Å². The summed E-state index contributed by atoms with van der Waals surface area (Å²) in [6.45, 7) is 8.78. The summed E-state index contributed by atoms with van der Waals surface area (Å²) >= 11 is 3.33. The first kappa shape index (κ1) is 28.5. The van der Waals surface area contributed by atoms with Gasteiger partial charge >= 0.3 is 0 Å². The van der Waals surface area contributed by atoms with E-state index in [2.05, 4.69) is 42.0 Å². The lowest BCUT2D eigenvalue weighted by atomic mass is 9.86. The lowest BCUT2D eigenvalue weighted by Crippen LogP contribution is -2.42. The van der Waals surface area contributed by atoms with Crippen molar-refractivity contribution in [1.29, 1.82) is 0 Å². The normalized spacial score (nSPS) is 11.6. The fraction of sp³-hybridized carbons (Fsp3) is 0.321. The zero-order valence-electron chi connectivity index (χ0n) is 21.5. The Hall–Kier alpha value is -3.04. The second-order valence-corrected chi connectivity index (χ2v) is 12.1. The van der Waals surface area contributed by atoms with E-state index in [1.807, 2.05) is 31.2 Å². The summed E-state index contributed by atoms with van der Waals surface area (Å²) in [5.41, 5.74) is 1.35. The van der Waals surface area contributed by atoms with Crippen LogP contribution >= 0.6 is 15.9 Å². The molecule has 3 rings (SSSR count). The van der Waals surface area contributed by atoms with Crippen molar-refractivity contribution in [2.75, 3.05) is 30.6 Å². The Morgan fingerprint density at radius 3 is 2.22 bits per heavy atom. The van der Waals surface area contributed by atoms with Crippen LogP contribution in [-0.2, 0) is 20.2 Å². The fourth-order valence-electron chi connectivity index (χ4n) is 3.67. The van der Waals surface area contributed by atoms with Gasteiger partial charge in [0.05, 0.1) is 23.7 Å². The highest BCUT2D eigenvalue weighted by Gasteiger charge is 2.27. The van der Waals surface area contributed by atoms with Crippen molar-refractivity contribution in [3.63, 3.8) is 0 Å². The molecule has 0 fully saturated rings. The lowest BCUT2D eigenvalue weighted by molar-refractivity contribution is -0.119. The number of nitrogens with one attached hydrogen (secondary N) is 1. The predicted octanol–water partition coefficient (Wildman–Crippen LogP) is 5.54. The molecule has 0 heterocycles. The molecule has 0 aliphatic rings. The van der Waals surface area contributed by atoms with E-state index in [4.69, 9.17) is 9.47 Å². The van der Waals surface area contributed by atoms with Gasteiger partial charge in [-0.15, -0.1) is 0 Å². The maximum Gasteiger partial charge on any atom is 0.264 e. The molecule has 9 heteroatoms. The Kier molecular flexibility index (Phi) is 9.62. The maximum absolute atomic E-state index is 13.5. The van der Waals surface area contributed by atoms with Gasteiger partial charge in [0, 0.05) is 4.47 Å². The number of hydrogen-bond acceptors (Lipinski definition) is 5. The Bertz CT molecular complexity index is 1290. The number of halogens is 1. The van der Waals surface area contributed by atoms with E-state index in [-0.39, 0.29) is 30.0 Å². The first-order chi connectivity index (χ1) is 17.5. The molecule has 0 aliphatic carbocycles. The third-order valence-corrected chi connectivity index (χ3v) is 7.82. The fourth-order valence-corrected chi connectivity index (χ4v) is 5.36. The van der Waals surface area contributed by atoms with Crippen molar-refractivity contribution in [2.45, 2.75) is 38.0 Å². The van der Waals surface area contributed by atoms with Crippen LogP contribution in [0.2, 0.25) is 0 Å². The molecule has 3 aromatic carbocycles. The molecular formula is C28H33BrN2O5S. The van der Waals surface area contributed by atoms with Crippen molar-refractivity contribution in [3.05, 3.63) is 82.8 Å². The van der Waals surface area contributed by atoms with Gasteiger partial charge in [-0.2, -0.15) is 0 Å². The number of rotatable bonds is 11. The van der Waals surface area contributed by atoms with Gasteiger partial charge in [0.25, 0.3) is 10.0 Å². The van der Waals surface area contributed by atoms with Gasteiger partial charge in [-0.3, -0.25) is 9.10 Å². The molecule has 0 bridgehead atoms. The lowest BCUT2D eigenvalue weighted by Gasteiger charge is -2.24. The maximum atomic E-state index is 13.5. The molecule has 0 spiro atoms. The standard InChI is InChI=1S/C28H33BrN2O5S/c1-5-35-23-14-12-22(13-15-23)31(37(33,34)24-16-10-21(29)11-17-24)20-27(32)30-18-19-36-26-9-7-6-8-25(26)28(2,3)4/h6-17H,5,18-20H2,1-4H3,(H,30,32). The van der Waals surface area contributed by atoms with E-state index in [0.717, 1.165) is 20.1 Å². The smallest absolute Gasteiger partial charge is 0.264 e. The van der Waals surface area contributed by atoms with Crippen LogP contribution < -0.4 is 19.1 Å². The number of ether oxygens (including phenoxy) is 2. The third kappa shape index (κ3) is 7.72. The van der Waals surface area contributed by atoms with Crippen molar-refractivity contribution < 1.29 is 22.7 Å². The summed E-state index contributed by atoms with van der Waals surface area (Å²) in [5.74, 6) is 0.935. The first-order valence-electron chi connectivity index (χ1n) is 12.0. The average Bonchev–Trinajstić information content (AvgIpc) is 2.86. The molecule has 198 valence electrons.